The summed E-state index contributed by atoms with van der Waals surface area (Å²) in [6.07, 6.45) is 1.52. The van der Waals surface area contributed by atoms with E-state index in [2.05, 4.69) is 5.10 Å². The Morgan fingerprint density at radius 1 is 1.21 bits per heavy atom. The van der Waals surface area contributed by atoms with Gasteiger partial charge in [-0.15, -0.1) is 0 Å². The summed E-state index contributed by atoms with van der Waals surface area (Å²) in [5, 5.41) is 3.42. The van der Waals surface area contributed by atoms with Crippen molar-refractivity contribution in [1.29, 1.82) is 0 Å². The summed E-state index contributed by atoms with van der Waals surface area (Å²) in [5.41, 5.74) is 2.40. The van der Waals surface area contributed by atoms with Crippen molar-refractivity contribution in [3.63, 3.8) is 0 Å². The van der Waals surface area contributed by atoms with Crippen molar-refractivity contribution < 1.29 is 9.53 Å². The van der Waals surface area contributed by atoms with E-state index in [1.54, 1.807) is 36.4 Å². The smallest absolute Gasteiger partial charge is 0.343 e. The zero-order valence-corrected chi connectivity index (χ0v) is 10.5. The van der Waals surface area contributed by atoms with E-state index in [1.165, 1.54) is 6.21 Å². The van der Waals surface area contributed by atoms with Crippen molar-refractivity contribution in [2.24, 2.45) is 10.9 Å². The number of aryl methyl sites for hydroxylation is 1. The SMILES string of the molecule is Cc1cccc(C(=O)Oc2ccc(C=NN)cc2)c1. The summed E-state index contributed by atoms with van der Waals surface area (Å²) in [6, 6.07) is 14.2. The van der Waals surface area contributed by atoms with E-state index < -0.39 is 0 Å². The van der Waals surface area contributed by atoms with Gasteiger partial charge in [0.1, 0.15) is 5.75 Å². The van der Waals surface area contributed by atoms with E-state index in [-0.39, 0.29) is 5.97 Å². The van der Waals surface area contributed by atoms with Gasteiger partial charge in [-0.1, -0.05) is 17.7 Å². The molecule has 2 N–H and O–H groups in total. The fraction of sp³-hybridized carbons (Fsp3) is 0.0667. The summed E-state index contributed by atoms with van der Waals surface area (Å²) >= 11 is 0. The zero-order chi connectivity index (χ0) is 13.7. The number of nitrogens with zero attached hydrogens (tertiary/aromatic N) is 1. The second-order valence-corrected chi connectivity index (χ2v) is 4.11. The van der Waals surface area contributed by atoms with Crippen LogP contribution < -0.4 is 10.6 Å². The molecule has 0 saturated heterocycles. The Balaban J connectivity index is 2.10. The Morgan fingerprint density at radius 3 is 2.58 bits per heavy atom. The van der Waals surface area contributed by atoms with Crippen LogP contribution in [-0.2, 0) is 0 Å². The highest BCUT2D eigenvalue weighted by atomic mass is 16.5. The molecule has 0 heterocycles. The maximum atomic E-state index is 11.9. The molecule has 0 bridgehead atoms. The largest absolute Gasteiger partial charge is 0.423 e. The molecule has 2 aromatic rings. The third-order valence-electron chi connectivity index (χ3n) is 2.57. The predicted molar refractivity (Wildman–Crippen MR) is 74.4 cm³/mol. The molecule has 0 aromatic heterocycles. The van der Waals surface area contributed by atoms with Crippen LogP contribution >= 0.6 is 0 Å². The highest BCUT2D eigenvalue weighted by Gasteiger charge is 2.08. The zero-order valence-electron chi connectivity index (χ0n) is 10.5. The monoisotopic (exact) mass is 254 g/mol. The summed E-state index contributed by atoms with van der Waals surface area (Å²) in [5.74, 6) is 5.17. The van der Waals surface area contributed by atoms with Crippen LogP contribution in [0.2, 0.25) is 0 Å². The Kier molecular flexibility index (Phi) is 3.93. The fourth-order valence-electron chi connectivity index (χ4n) is 1.65. The van der Waals surface area contributed by atoms with E-state index in [0.29, 0.717) is 11.3 Å². The number of ether oxygens (including phenoxy) is 1. The van der Waals surface area contributed by atoms with Gasteiger partial charge in [-0.05, 0) is 48.9 Å². The molecule has 0 aliphatic rings. The van der Waals surface area contributed by atoms with Gasteiger partial charge in [-0.25, -0.2) is 4.79 Å². The second-order valence-electron chi connectivity index (χ2n) is 4.11. The number of hydrogen-bond donors (Lipinski definition) is 1. The molecular weight excluding hydrogens is 240 g/mol. The van der Waals surface area contributed by atoms with E-state index >= 15 is 0 Å². The first-order valence-electron chi connectivity index (χ1n) is 5.81. The summed E-state index contributed by atoms with van der Waals surface area (Å²) in [7, 11) is 0. The quantitative estimate of drug-likeness (QED) is 0.301. The Labute approximate surface area is 111 Å². The van der Waals surface area contributed by atoms with Gasteiger partial charge in [0.15, 0.2) is 0 Å². The van der Waals surface area contributed by atoms with Crippen molar-refractivity contribution in [3.8, 4) is 5.75 Å². The first-order valence-corrected chi connectivity index (χ1v) is 5.81. The number of benzene rings is 2. The molecule has 0 saturated carbocycles. The van der Waals surface area contributed by atoms with Gasteiger partial charge in [-0.2, -0.15) is 5.10 Å². The minimum Gasteiger partial charge on any atom is -0.423 e. The molecule has 4 nitrogen and oxygen atoms in total. The lowest BCUT2D eigenvalue weighted by atomic mass is 10.1. The molecule has 0 unspecified atom stereocenters. The Bertz CT molecular complexity index is 604. The molecule has 4 heteroatoms. The first-order chi connectivity index (χ1) is 9.19. The molecule has 0 aliphatic heterocycles. The molecule has 0 radical (unpaired) electrons. The first kappa shape index (κ1) is 12.8. The molecule has 19 heavy (non-hydrogen) atoms. The number of nitrogens with two attached hydrogens (primary N) is 1. The maximum Gasteiger partial charge on any atom is 0.343 e. The van der Waals surface area contributed by atoms with Crippen LogP contribution in [0.1, 0.15) is 21.5 Å². The summed E-state index contributed by atoms with van der Waals surface area (Å²) < 4.78 is 5.27. The van der Waals surface area contributed by atoms with Gasteiger partial charge in [0.05, 0.1) is 11.8 Å². The van der Waals surface area contributed by atoms with Crippen molar-refractivity contribution >= 4 is 12.2 Å². The van der Waals surface area contributed by atoms with Gasteiger partial charge in [0, 0.05) is 0 Å². The van der Waals surface area contributed by atoms with Gasteiger partial charge in [-0.3, -0.25) is 0 Å². The third-order valence-corrected chi connectivity index (χ3v) is 2.57. The van der Waals surface area contributed by atoms with Crippen LogP contribution in [0.25, 0.3) is 0 Å². The average Bonchev–Trinajstić information content (AvgIpc) is 2.41. The number of carbonyl (C=O) groups is 1. The number of hydrogen-bond acceptors (Lipinski definition) is 4. The lowest BCUT2D eigenvalue weighted by molar-refractivity contribution is 0.0734. The van der Waals surface area contributed by atoms with E-state index in [1.807, 2.05) is 19.1 Å². The molecule has 0 atom stereocenters. The lowest BCUT2D eigenvalue weighted by Gasteiger charge is -2.05. The third kappa shape index (κ3) is 3.42. The topological polar surface area (TPSA) is 64.7 Å². The van der Waals surface area contributed by atoms with Gasteiger partial charge < -0.3 is 10.6 Å². The van der Waals surface area contributed by atoms with Crippen LogP contribution in [0.4, 0.5) is 0 Å². The predicted octanol–water partition coefficient (Wildman–Crippen LogP) is 2.51. The molecule has 96 valence electrons. The van der Waals surface area contributed by atoms with Crippen LogP contribution in [0.5, 0.6) is 5.75 Å². The fourth-order valence-corrected chi connectivity index (χ4v) is 1.65. The number of esters is 1. The van der Waals surface area contributed by atoms with Crippen molar-refractivity contribution in [1.82, 2.24) is 0 Å². The lowest BCUT2D eigenvalue weighted by Crippen LogP contribution is -2.08. The second kappa shape index (κ2) is 5.82. The molecule has 0 aliphatic carbocycles. The number of carbonyl (C=O) groups excluding carboxylic acids is 1. The molecule has 2 rings (SSSR count). The van der Waals surface area contributed by atoms with Crippen molar-refractivity contribution in [3.05, 3.63) is 65.2 Å². The minimum atomic E-state index is -0.371. The molecular formula is C15H14N2O2. The standard InChI is InChI=1S/C15H14N2O2/c1-11-3-2-4-13(9-11)15(18)19-14-7-5-12(6-8-14)10-17-16/h2-10H,16H2,1H3. The highest BCUT2D eigenvalue weighted by Crippen LogP contribution is 2.14. The van der Waals surface area contributed by atoms with Crippen LogP contribution in [0.3, 0.4) is 0 Å². The Morgan fingerprint density at radius 2 is 1.95 bits per heavy atom. The molecule has 0 fully saturated rings. The van der Waals surface area contributed by atoms with Gasteiger partial charge in [0.2, 0.25) is 0 Å². The van der Waals surface area contributed by atoms with Crippen molar-refractivity contribution in [2.45, 2.75) is 6.92 Å². The number of hydrazone groups is 1. The van der Waals surface area contributed by atoms with Crippen LogP contribution in [-0.4, -0.2) is 12.2 Å². The van der Waals surface area contributed by atoms with Gasteiger partial charge in [0.25, 0.3) is 0 Å². The van der Waals surface area contributed by atoms with Crippen molar-refractivity contribution in [2.75, 3.05) is 0 Å². The van der Waals surface area contributed by atoms with E-state index in [4.69, 9.17) is 10.6 Å². The van der Waals surface area contributed by atoms with E-state index in [0.717, 1.165) is 11.1 Å². The normalized spacial score (nSPS) is 10.6. The van der Waals surface area contributed by atoms with Crippen LogP contribution in [0.15, 0.2) is 53.6 Å². The Hall–Kier alpha value is -2.62. The summed E-state index contributed by atoms with van der Waals surface area (Å²) in [4.78, 5) is 11.9. The molecule has 0 spiro atoms. The number of rotatable bonds is 3. The molecule has 2 aromatic carbocycles. The van der Waals surface area contributed by atoms with E-state index in [9.17, 15) is 4.79 Å². The average molecular weight is 254 g/mol. The van der Waals surface area contributed by atoms with Gasteiger partial charge >= 0.3 is 5.97 Å². The molecule has 0 amide bonds. The highest BCUT2D eigenvalue weighted by molar-refractivity contribution is 5.91. The maximum absolute atomic E-state index is 11.9. The minimum absolute atomic E-state index is 0.371. The summed E-state index contributed by atoms with van der Waals surface area (Å²) in [6.45, 7) is 1.93. The van der Waals surface area contributed by atoms with Crippen LogP contribution in [0, 0.1) is 6.92 Å².